The molecule has 0 aliphatic heterocycles. The Bertz CT molecular complexity index is 352. The van der Waals surface area contributed by atoms with E-state index >= 15 is 0 Å². The summed E-state index contributed by atoms with van der Waals surface area (Å²) in [4.78, 5) is 11.2. The Morgan fingerprint density at radius 2 is 2.27 bits per heavy atom. The predicted octanol–water partition coefficient (Wildman–Crippen LogP) is 3.23. The van der Waals surface area contributed by atoms with Gasteiger partial charge in [0.25, 0.3) is 0 Å². The molecule has 0 saturated heterocycles. The molecule has 2 nitrogen and oxygen atoms in total. The van der Waals surface area contributed by atoms with E-state index < -0.39 is 5.82 Å². The number of ketones is 1. The first kappa shape index (κ1) is 12.0. The highest BCUT2D eigenvalue weighted by atomic mass is 35.5. The first-order valence-corrected chi connectivity index (χ1v) is 5.11. The van der Waals surface area contributed by atoms with Gasteiger partial charge in [0.15, 0.2) is 5.78 Å². The predicted molar refractivity (Wildman–Crippen MR) is 56.8 cm³/mol. The minimum absolute atomic E-state index is 0.0119. The summed E-state index contributed by atoms with van der Waals surface area (Å²) in [6, 6.07) is 3.81. The van der Waals surface area contributed by atoms with Crippen molar-refractivity contribution < 1.29 is 13.9 Å². The van der Waals surface area contributed by atoms with Crippen LogP contribution in [0.5, 0.6) is 5.75 Å². The van der Waals surface area contributed by atoms with Gasteiger partial charge in [-0.1, -0.05) is 18.5 Å². The highest BCUT2D eigenvalue weighted by Gasteiger charge is 2.05. The second-order valence-electron chi connectivity index (χ2n) is 3.15. The number of hydrogen-bond acceptors (Lipinski definition) is 2. The average molecular weight is 231 g/mol. The zero-order valence-electron chi connectivity index (χ0n) is 8.43. The van der Waals surface area contributed by atoms with E-state index in [-0.39, 0.29) is 17.4 Å². The lowest BCUT2D eigenvalue weighted by Gasteiger charge is -2.06. The first-order valence-electron chi connectivity index (χ1n) is 4.73. The Kier molecular flexibility index (Phi) is 4.56. The lowest BCUT2D eigenvalue weighted by molar-refractivity contribution is -0.121. The van der Waals surface area contributed by atoms with Gasteiger partial charge in [-0.15, -0.1) is 0 Å². The standard InChI is InChI=1S/C11H12ClFO2/c1-2-3-9(14)7-15-11-5-4-8(13)6-10(11)12/h4-6H,2-3,7H2,1H3. The normalized spacial score (nSPS) is 10.1. The Balaban J connectivity index is 2.54. The van der Waals surface area contributed by atoms with Crippen molar-refractivity contribution in [3.05, 3.63) is 29.0 Å². The third-order valence-electron chi connectivity index (χ3n) is 1.81. The van der Waals surface area contributed by atoms with Crippen LogP contribution in [-0.4, -0.2) is 12.4 Å². The van der Waals surface area contributed by atoms with Crippen LogP contribution in [0.2, 0.25) is 5.02 Å². The van der Waals surface area contributed by atoms with E-state index in [4.69, 9.17) is 16.3 Å². The summed E-state index contributed by atoms with van der Waals surface area (Å²) < 4.78 is 17.8. The maximum Gasteiger partial charge on any atom is 0.170 e. The molecule has 1 aromatic carbocycles. The van der Waals surface area contributed by atoms with Crippen LogP contribution in [-0.2, 0) is 4.79 Å². The molecule has 0 N–H and O–H groups in total. The maximum atomic E-state index is 12.7. The summed E-state index contributed by atoms with van der Waals surface area (Å²) >= 11 is 5.71. The van der Waals surface area contributed by atoms with Crippen molar-refractivity contribution in [2.45, 2.75) is 19.8 Å². The summed E-state index contributed by atoms with van der Waals surface area (Å²) in [5, 5.41) is 0.180. The van der Waals surface area contributed by atoms with Gasteiger partial charge in [0.05, 0.1) is 5.02 Å². The van der Waals surface area contributed by atoms with Crippen molar-refractivity contribution in [1.82, 2.24) is 0 Å². The van der Waals surface area contributed by atoms with Gasteiger partial charge in [-0.2, -0.15) is 0 Å². The van der Waals surface area contributed by atoms with Crippen LogP contribution in [0.25, 0.3) is 0 Å². The van der Waals surface area contributed by atoms with Crippen molar-refractivity contribution in [2.24, 2.45) is 0 Å². The Morgan fingerprint density at radius 1 is 1.53 bits per heavy atom. The molecule has 15 heavy (non-hydrogen) atoms. The Morgan fingerprint density at radius 3 is 2.87 bits per heavy atom. The molecule has 0 atom stereocenters. The average Bonchev–Trinajstić information content (AvgIpc) is 2.17. The van der Waals surface area contributed by atoms with E-state index in [1.165, 1.54) is 12.1 Å². The van der Waals surface area contributed by atoms with E-state index in [1.54, 1.807) is 0 Å². The van der Waals surface area contributed by atoms with Crippen molar-refractivity contribution >= 4 is 17.4 Å². The van der Waals surface area contributed by atoms with Gasteiger partial charge in [-0.05, 0) is 24.6 Å². The van der Waals surface area contributed by atoms with Gasteiger partial charge in [-0.3, -0.25) is 4.79 Å². The van der Waals surface area contributed by atoms with Gasteiger partial charge >= 0.3 is 0 Å². The fraction of sp³-hybridized carbons (Fsp3) is 0.364. The molecule has 0 aromatic heterocycles. The lowest BCUT2D eigenvalue weighted by atomic mass is 10.2. The van der Waals surface area contributed by atoms with Gasteiger partial charge in [0.1, 0.15) is 18.2 Å². The van der Waals surface area contributed by atoms with E-state index in [2.05, 4.69) is 0 Å². The molecule has 4 heteroatoms. The first-order chi connectivity index (χ1) is 7.13. The zero-order chi connectivity index (χ0) is 11.3. The molecule has 0 aliphatic rings. The molecule has 0 aliphatic carbocycles. The molecule has 0 spiro atoms. The second-order valence-corrected chi connectivity index (χ2v) is 3.56. The molecule has 1 aromatic rings. The number of hydrogen-bond donors (Lipinski definition) is 0. The third kappa shape index (κ3) is 3.88. The van der Waals surface area contributed by atoms with Gasteiger partial charge in [-0.25, -0.2) is 4.39 Å². The van der Waals surface area contributed by atoms with Gasteiger partial charge < -0.3 is 4.74 Å². The fourth-order valence-corrected chi connectivity index (χ4v) is 1.32. The van der Waals surface area contributed by atoms with Crippen molar-refractivity contribution in [3.8, 4) is 5.75 Å². The van der Waals surface area contributed by atoms with Crippen LogP contribution in [0.3, 0.4) is 0 Å². The topological polar surface area (TPSA) is 26.3 Å². The summed E-state index contributed by atoms with van der Waals surface area (Å²) in [5.41, 5.74) is 0. The van der Waals surface area contributed by atoms with Crippen molar-refractivity contribution in [3.63, 3.8) is 0 Å². The van der Waals surface area contributed by atoms with Crippen molar-refractivity contribution in [1.29, 1.82) is 0 Å². The molecule has 0 unspecified atom stereocenters. The van der Waals surface area contributed by atoms with E-state index in [0.29, 0.717) is 12.2 Å². The third-order valence-corrected chi connectivity index (χ3v) is 2.11. The molecule has 0 radical (unpaired) electrons. The number of rotatable bonds is 5. The summed E-state index contributed by atoms with van der Waals surface area (Å²) in [6.45, 7) is 1.90. The summed E-state index contributed by atoms with van der Waals surface area (Å²) in [5.74, 6) is -0.0763. The second kappa shape index (κ2) is 5.71. The fourth-order valence-electron chi connectivity index (χ4n) is 1.10. The molecule has 0 heterocycles. The summed E-state index contributed by atoms with van der Waals surface area (Å²) in [6.07, 6.45) is 1.28. The highest BCUT2D eigenvalue weighted by molar-refractivity contribution is 6.32. The van der Waals surface area contributed by atoms with Crippen LogP contribution in [0.4, 0.5) is 4.39 Å². The largest absolute Gasteiger partial charge is 0.484 e. The molecule has 0 saturated carbocycles. The van der Waals surface area contributed by atoms with Gasteiger partial charge in [0, 0.05) is 6.42 Å². The number of halogens is 2. The Labute approximate surface area is 93.0 Å². The molecule has 0 bridgehead atoms. The highest BCUT2D eigenvalue weighted by Crippen LogP contribution is 2.24. The maximum absolute atomic E-state index is 12.7. The minimum atomic E-state index is -0.424. The summed E-state index contributed by atoms with van der Waals surface area (Å²) in [7, 11) is 0. The van der Waals surface area contributed by atoms with Crippen LogP contribution >= 0.6 is 11.6 Å². The zero-order valence-corrected chi connectivity index (χ0v) is 9.18. The molecule has 0 fully saturated rings. The number of ether oxygens (including phenoxy) is 1. The van der Waals surface area contributed by atoms with Gasteiger partial charge in [0.2, 0.25) is 0 Å². The molecule has 1 rings (SSSR count). The SMILES string of the molecule is CCCC(=O)COc1ccc(F)cc1Cl. The smallest absolute Gasteiger partial charge is 0.170 e. The molecule has 0 amide bonds. The number of Topliss-reactive ketones (excluding diaryl/α,β-unsaturated/α-hetero) is 1. The van der Waals surface area contributed by atoms with E-state index in [1.807, 2.05) is 6.92 Å². The number of carbonyl (C=O) groups is 1. The lowest BCUT2D eigenvalue weighted by Crippen LogP contribution is -2.10. The monoisotopic (exact) mass is 230 g/mol. The Hall–Kier alpha value is -1.09. The van der Waals surface area contributed by atoms with Crippen LogP contribution in [0.15, 0.2) is 18.2 Å². The molecular formula is C11H12ClFO2. The van der Waals surface area contributed by atoms with Crippen molar-refractivity contribution in [2.75, 3.05) is 6.61 Å². The minimum Gasteiger partial charge on any atom is -0.484 e. The quantitative estimate of drug-likeness (QED) is 0.776. The number of carbonyl (C=O) groups excluding carboxylic acids is 1. The van der Waals surface area contributed by atoms with Crippen LogP contribution in [0, 0.1) is 5.82 Å². The van der Waals surface area contributed by atoms with Crippen LogP contribution < -0.4 is 4.74 Å². The number of benzene rings is 1. The van der Waals surface area contributed by atoms with E-state index in [9.17, 15) is 9.18 Å². The van der Waals surface area contributed by atoms with Crippen LogP contribution in [0.1, 0.15) is 19.8 Å². The van der Waals surface area contributed by atoms with E-state index in [0.717, 1.165) is 12.5 Å². The molecular weight excluding hydrogens is 219 g/mol. The molecule has 82 valence electrons.